The van der Waals surface area contributed by atoms with Crippen LogP contribution in [-0.2, 0) is 0 Å². The molecule has 2 amide bonds. The summed E-state index contributed by atoms with van der Waals surface area (Å²) in [4.78, 5) is 28.3. The molecule has 3 rings (SSSR count). The molecule has 1 aliphatic rings. The first-order valence-electron chi connectivity index (χ1n) is 7.29. The van der Waals surface area contributed by atoms with Crippen LogP contribution < -0.4 is 5.32 Å². The number of benzene rings is 1. The van der Waals surface area contributed by atoms with E-state index < -0.39 is 4.92 Å². The van der Waals surface area contributed by atoms with E-state index in [1.54, 1.807) is 4.90 Å². The largest absolute Gasteiger partial charge is 0.322 e. The molecule has 0 radical (unpaired) electrons. The molecule has 0 aliphatic carbocycles. The summed E-state index contributed by atoms with van der Waals surface area (Å²) in [6, 6.07) is 10.8. The Morgan fingerprint density at radius 2 is 2.09 bits per heavy atom. The van der Waals surface area contributed by atoms with Crippen LogP contribution in [0.5, 0.6) is 0 Å². The summed E-state index contributed by atoms with van der Waals surface area (Å²) in [5.74, 6) is 0.343. The second-order valence-corrected chi connectivity index (χ2v) is 5.57. The molecule has 1 N–H and O–H groups in total. The number of nitrogens with zero attached hydrogens (tertiary/aromatic N) is 3. The van der Waals surface area contributed by atoms with E-state index in [0.717, 1.165) is 11.8 Å². The van der Waals surface area contributed by atoms with Crippen LogP contribution >= 0.6 is 0 Å². The van der Waals surface area contributed by atoms with Gasteiger partial charge < -0.3 is 10.2 Å². The van der Waals surface area contributed by atoms with Gasteiger partial charge >= 0.3 is 11.7 Å². The van der Waals surface area contributed by atoms with Crippen LogP contribution in [0.1, 0.15) is 18.5 Å². The number of nitrogens with one attached hydrogen (secondary N) is 1. The fourth-order valence-corrected chi connectivity index (χ4v) is 2.89. The Morgan fingerprint density at radius 1 is 1.35 bits per heavy atom. The maximum absolute atomic E-state index is 12.5. The standard InChI is InChI=1S/C16H16N4O3/c1-11-10-19(15(11)12-5-3-2-4-6-12)16(21)18-13-7-8-17-9-14(13)20(22)23/h2-9,11,15H,10H2,1H3,(H,17,18,21)/t11-,15+/m1/s1. The van der Waals surface area contributed by atoms with Crippen LogP contribution in [0.25, 0.3) is 0 Å². The average Bonchev–Trinajstić information content (AvgIpc) is 2.53. The molecule has 1 fully saturated rings. The third kappa shape index (κ3) is 2.85. The van der Waals surface area contributed by atoms with Crippen LogP contribution in [0, 0.1) is 16.0 Å². The monoisotopic (exact) mass is 312 g/mol. The molecule has 0 saturated carbocycles. The first-order chi connectivity index (χ1) is 11.1. The Hall–Kier alpha value is -2.96. The zero-order chi connectivity index (χ0) is 16.4. The Balaban J connectivity index is 1.78. The number of rotatable bonds is 3. The van der Waals surface area contributed by atoms with Gasteiger partial charge in [0, 0.05) is 12.7 Å². The van der Waals surface area contributed by atoms with E-state index in [0.29, 0.717) is 12.5 Å². The fourth-order valence-electron chi connectivity index (χ4n) is 2.89. The molecule has 1 aromatic carbocycles. The van der Waals surface area contributed by atoms with E-state index in [1.807, 2.05) is 30.3 Å². The van der Waals surface area contributed by atoms with Crippen molar-refractivity contribution in [2.24, 2.45) is 5.92 Å². The van der Waals surface area contributed by atoms with Crippen molar-refractivity contribution < 1.29 is 9.72 Å². The number of likely N-dealkylation sites (tertiary alicyclic amines) is 1. The molecule has 2 atom stereocenters. The van der Waals surface area contributed by atoms with Crippen LogP contribution in [0.2, 0.25) is 0 Å². The maximum atomic E-state index is 12.5. The highest BCUT2D eigenvalue weighted by Gasteiger charge is 2.40. The number of amides is 2. The van der Waals surface area contributed by atoms with Crippen molar-refractivity contribution in [2.75, 3.05) is 11.9 Å². The summed E-state index contributed by atoms with van der Waals surface area (Å²) >= 11 is 0. The predicted molar refractivity (Wildman–Crippen MR) is 85.0 cm³/mol. The third-order valence-corrected chi connectivity index (χ3v) is 4.00. The van der Waals surface area contributed by atoms with E-state index in [2.05, 4.69) is 17.2 Å². The summed E-state index contributed by atoms with van der Waals surface area (Å²) < 4.78 is 0. The van der Waals surface area contributed by atoms with Crippen molar-refractivity contribution in [3.63, 3.8) is 0 Å². The van der Waals surface area contributed by atoms with Gasteiger partial charge in [0.2, 0.25) is 0 Å². The molecule has 23 heavy (non-hydrogen) atoms. The summed E-state index contributed by atoms with van der Waals surface area (Å²) in [6.07, 6.45) is 2.54. The lowest BCUT2D eigenvalue weighted by molar-refractivity contribution is -0.384. The van der Waals surface area contributed by atoms with Gasteiger partial charge in [-0.3, -0.25) is 15.1 Å². The lowest BCUT2D eigenvalue weighted by Crippen LogP contribution is -2.53. The van der Waals surface area contributed by atoms with Crippen LogP contribution in [0.15, 0.2) is 48.8 Å². The molecular weight excluding hydrogens is 296 g/mol. The van der Waals surface area contributed by atoms with Gasteiger partial charge in [-0.2, -0.15) is 0 Å². The van der Waals surface area contributed by atoms with E-state index in [4.69, 9.17) is 0 Å². The summed E-state index contributed by atoms with van der Waals surface area (Å²) in [5, 5.41) is 13.6. The minimum atomic E-state index is -0.560. The van der Waals surface area contributed by atoms with E-state index in [1.165, 1.54) is 12.3 Å². The van der Waals surface area contributed by atoms with Gasteiger partial charge in [0.15, 0.2) is 0 Å². The molecule has 2 aromatic rings. The van der Waals surface area contributed by atoms with Gasteiger partial charge in [-0.1, -0.05) is 37.3 Å². The Bertz CT molecular complexity index is 735. The smallest absolute Gasteiger partial charge is 0.317 e. The number of pyridine rings is 1. The lowest BCUT2D eigenvalue weighted by atomic mass is 9.85. The third-order valence-electron chi connectivity index (χ3n) is 4.00. The topological polar surface area (TPSA) is 88.4 Å². The number of carbonyl (C=O) groups is 1. The van der Waals surface area contributed by atoms with Gasteiger partial charge in [0.05, 0.1) is 11.0 Å². The molecule has 7 heteroatoms. The second-order valence-electron chi connectivity index (χ2n) is 5.57. The van der Waals surface area contributed by atoms with Crippen LogP contribution in [0.3, 0.4) is 0 Å². The van der Waals surface area contributed by atoms with Crippen molar-refractivity contribution in [1.29, 1.82) is 0 Å². The van der Waals surface area contributed by atoms with Crippen LogP contribution in [-0.4, -0.2) is 27.4 Å². The average molecular weight is 312 g/mol. The second kappa shape index (κ2) is 6.04. The zero-order valence-electron chi connectivity index (χ0n) is 12.5. The first-order valence-corrected chi connectivity index (χ1v) is 7.29. The summed E-state index contributed by atoms with van der Waals surface area (Å²) in [7, 11) is 0. The van der Waals surface area contributed by atoms with Gasteiger partial charge in [0.1, 0.15) is 11.9 Å². The van der Waals surface area contributed by atoms with E-state index in [-0.39, 0.29) is 23.4 Å². The van der Waals surface area contributed by atoms with Crippen molar-refractivity contribution in [3.05, 3.63) is 64.5 Å². The highest BCUT2D eigenvalue weighted by atomic mass is 16.6. The lowest BCUT2D eigenvalue weighted by Gasteiger charge is -2.46. The number of anilines is 1. The van der Waals surface area contributed by atoms with Crippen molar-refractivity contribution in [2.45, 2.75) is 13.0 Å². The SMILES string of the molecule is C[C@@H]1CN(C(=O)Nc2ccncc2[N+](=O)[O-])[C@@H]1c1ccccc1. The molecule has 0 bridgehead atoms. The van der Waals surface area contributed by atoms with Gasteiger partial charge in [-0.25, -0.2) is 4.79 Å². The van der Waals surface area contributed by atoms with Crippen molar-refractivity contribution in [3.8, 4) is 0 Å². The van der Waals surface area contributed by atoms with Gasteiger partial charge in [-0.15, -0.1) is 0 Å². The number of carbonyl (C=O) groups excluding carboxylic acids is 1. The molecule has 1 aliphatic heterocycles. The number of hydrogen-bond donors (Lipinski definition) is 1. The quantitative estimate of drug-likeness (QED) is 0.696. The molecule has 0 unspecified atom stereocenters. The molecule has 7 nitrogen and oxygen atoms in total. The Morgan fingerprint density at radius 3 is 2.74 bits per heavy atom. The van der Waals surface area contributed by atoms with Crippen LogP contribution in [0.4, 0.5) is 16.2 Å². The van der Waals surface area contributed by atoms with E-state index in [9.17, 15) is 14.9 Å². The first kappa shape index (κ1) is 15.0. The molecule has 1 aromatic heterocycles. The molecule has 0 spiro atoms. The minimum Gasteiger partial charge on any atom is -0.317 e. The molecular formula is C16H16N4O3. The molecule has 1 saturated heterocycles. The predicted octanol–water partition coefficient (Wildman–Crippen LogP) is 3.21. The normalized spacial score (nSPS) is 19.8. The van der Waals surface area contributed by atoms with Crippen molar-refractivity contribution >= 4 is 17.4 Å². The zero-order valence-corrected chi connectivity index (χ0v) is 12.5. The summed E-state index contributed by atoms with van der Waals surface area (Å²) in [5.41, 5.74) is 0.998. The van der Waals surface area contributed by atoms with Gasteiger partial charge in [-0.05, 0) is 17.5 Å². The fraction of sp³-hybridized carbons (Fsp3) is 0.250. The summed E-state index contributed by atoms with van der Waals surface area (Å²) in [6.45, 7) is 2.70. The Labute approximate surface area is 133 Å². The maximum Gasteiger partial charge on any atom is 0.322 e. The van der Waals surface area contributed by atoms with Crippen molar-refractivity contribution in [1.82, 2.24) is 9.88 Å². The number of nitro groups is 1. The molecule has 2 heterocycles. The molecule has 118 valence electrons. The highest BCUT2D eigenvalue weighted by Crippen LogP contribution is 2.39. The minimum absolute atomic E-state index is 0.0166. The highest BCUT2D eigenvalue weighted by molar-refractivity contribution is 5.92. The van der Waals surface area contributed by atoms with Gasteiger partial charge in [0.25, 0.3) is 0 Å². The Kier molecular flexibility index (Phi) is 3.92. The van der Waals surface area contributed by atoms with E-state index >= 15 is 0 Å². The number of hydrogen-bond acceptors (Lipinski definition) is 4. The number of aromatic nitrogens is 1. The number of urea groups is 1.